The number of ketones is 1. The molecule has 0 aromatic heterocycles. The molecule has 1 aromatic rings. The van der Waals surface area contributed by atoms with Crippen LogP contribution in [0.4, 0.5) is 4.79 Å². The summed E-state index contributed by atoms with van der Waals surface area (Å²) in [5, 5.41) is 10.7. The van der Waals surface area contributed by atoms with E-state index in [2.05, 4.69) is 0 Å². The summed E-state index contributed by atoms with van der Waals surface area (Å²) in [5.41, 5.74) is 0.763. The summed E-state index contributed by atoms with van der Waals surface area (Å²) in [6.07, 6.45) is -1.22. The zero-order valence-corrected chi connectivity index (χ0v) is 11.3. The van der Waals surface area contributed by atoms with E-state index in [0.717, 1.165) is 5.56 Å². The third-order valence-electron chi connectivity index (χ3n) is 2.18. The van der Waals surface area contributed by atoms with E-state index >= 15 is 0 Å². The van der Waals surface area contributed by atoms with Gasteiger partial charge in [-0.15, -0.1) is 0 Å². The van der Waals surface area contributed by atoms with Crippen molar-refractivity contribution in [3.05, 3.63) is 35.9 Å². The van der Waals surface area contributed by atoms with E-state index < -0.39 is 21.7 Å². The lowest BCUT2D eigenvalue weighted by molar-refractivity contribution is -0.120. The van der Waals surface area contributed by atoms with Crippen molar-refractivity contribution in [2.24, 2.45) is 0 Å². The largest absolute Gasteiger partial charge is 0.465 e. The summed E-state index contributed by atoms with van der Waals surface area (Å²) in [6, 6.07) is 7.75. The fourth-order valence-corrected chi connectivity index (χ4v) is 1.80. The standard InChI is InChI=1S/C11H10Cl3NO3/c12-11(13,14)9(16)8(15-10(17)18)6-7-4-2-1-3-5-7/h1-5,8,15H,6H2,(H,17,18)/t8-/m0/s1. The molecule has 2 N–H and O–H groups in total. The molecule has 0 saturated carbocycles. The van der Waals surface area contributed by atoms with Crippen molar-refractivity contribution in [2.75, 3.05) is 0 Å². The second kappa shape index (κ2) is 6.27. The lowest BCUT2D eigenvalue weighted by atomic mass is 10.0. The Morgan fingerprint density at radius 1 is 1.22 bits per heavy atom. The van der Waals surface area contributed by atoms with E-state index in [1.54, 1.807) is 30.3 Å². The number of Topliss-reactive ketones (excluding diaryl/α,β-unsaturated/α-hetero) is 1. The number of alkyl halides is 3. The SMILES string of the molecule is O=C(O)N[C@@H](Cc1ccccc1)C(=O)C(Cl)(Cl)Cl. The highest BCUT2D eigenvalue weighted by molar-refractivity contribution is 6.76. The second-order valence-electron chi connectivity index (χ2n) is 3.55. The fourth-order valence-electron chi connectivity index (χ4n) is 1.41. The molecule has 1 aromatic carbocycles. The Labute approximate surface area is 119 Å². The maximum atomic E-state index is 11.8. The molecule has 0 aliphatic carbocycles. The zero-order chi connectivity index (χ0) is 13.8. The average molecular weight is 311 g/mol. The summed E-state index contributed by atoms with van der Waals surface area (Å²) in [4.78, 5) is 22.4. The van der Waals surface area contributed by atoms with Gasteiger partial charge in [0.2, 0.25) is 5.78 Å². The molecule has 0 unspecified atom stereocenters. The molecule has 0 fully saturated rings. The Morgan fingerprint density at radius 3 is 2.22 bits per heavy atom. The highest BCUT2D eigenvalue weighted by atomic mass is 35.6. The maximum Gasteiger partial charge on any atom is 0.405 e. The monoisotopic (exact) mass is 309 g/mol. The van der Waals surface area contributed by atoms with Crippen LogP contribution in [0, 0.1) is 0 Å². The molecule has 0 radical (unpaired) electrons. The van der Waals surface area contributed by atoms with Gasteiger partial charge >= 0.3 is 6.09 Å². The number of carbonyl (C=O) groups excluding carboxylic acids is 1. The number of carboxylic acid groups (broad SMARTS) is 1. The second-order valence-corrected chi connectivity index (χ2v) is 5.84. The molecule has 0 saturated heterocycles. The van der Waals surface area contributed by atoms with Crippen LogP contribution in [0.5, 0.6) is 0 Å². The van der Waals surface area contributed by atoms with E-state index in [1.165, 1.54) is 0 Å². The molecule has 4 nitrogen and oxygen atoms in total. The van der Waals surface area contributed by atoms with Crippen LogP contribution in [0.15, 0.2) is 30.3 Å². The van der Waals surface area contributed by atoms with E-state index in [9.17, 15) is 9.59 Å². The Balaban J connectivity index is 2.86. The molecule has 0 heterocycles. The molecule has 1 atom stereocenters. The summed E-state index contributed by atoms with van der Waals surface area (Å²) in [7, 11) is 0. The number of hydrogen-bond acceptors (Lipinski definition) is 2. The summed E-state index contributed by atoms with van der Waals surface area (Å²) in [5.74, 6) is -0.807. The smallest absolute Gasteiger partial charge is 0.405 e. The van der Waals surface area contributed by atoms with Crippen LogP contribution in [-0.4, -0.2) is 26.8 Å². The van der Waals surface area contributed by atoms with Gasteiger partial charge in [-0.25, -0.2) is 4.79 Å². The summed E-state index contributed by atoms with van der Waals surface area (Å²) >= 11 is 16.4. The van der Waals surface area contributed by atoms with Crippen LogP contribution in [0.1, 0.15) is 5.56 Å². The number of rotatable bonds is 4. The lowest BCUT2D eigenvalue weighted by Gasteiger charge is -2.19. The normalized spacial score (nSPS) is 12.8. The van der Waals surface area contributed by atoms with Gasteiger partial charge in [0.05, 0.1) is 6.04 Å². The first-order chi connectivity index (χ1) is 8.30. The van der Waals surface area contributed by atoms with Crippen LogP contribution in [0.25, 0.3) is 0 Å². The average Bonchev–Trinajstić information content (AvgIpc) is 2.26. The molecule has 98 valence electrons. The van der Waals surface area contributed by atoms with Gasteiger partial charge in [0, 0.05) is 6.42 Å². The van der Waals surface area contributed by atoms with Gasteiger partial charge < -0.3 is 10.4 Å². The van der Waals surface area contributed by atoms with Crippen LogP contribution < -0.4 is 5.32 Å². The molecule has 0 aliphatic heterocycles. The highest BCUT2D eigenvalue weighted by Crippen LogP contribution is 2.29. The van der Waals surface area contributed by atoms with Gasteiger partial charge in [0.25, 0.3) is 3.79 Å². The summed E-state index contributed by atoms with van der Waals surface area (Å²) < 4.78 is -2.15. The van der Waals surface area contributed by atoms with E-state index in [-0.39, 0.29) is 6.42 Å². The zero-order valence-electron chi connectivity index (χ0n) is 9.07. The van der Waals surface area contributed by atoms with Gasteiger partial charge in [-0.2, -0.15) is 0 Å². The quantitative estimate of drug-likeness (QED) is 0.840. The molecule has 0 bridgehead atoms. The molecule has 1 rings (SSSR count). The van der Waals surface area contributed by atoms with E-state index in [1.807, 2.05) is 5.32 Å². The summed E-state index contributed by atoms with van der Waals surface area (Å²) in [6.45, 7) is 0. The third-order valence-corrected chi connectivity index (χ3v) is 2.74. The highest BCUT2D eigenvalue weighted by Gasteiger charge is 2.37. The molecule has 7 heteroatoms. The minimum Gasteiger partial charge on any atom is -0.465 e. The number of halogens is 3. The molecular formula is C11H10Cl3NO3. The fraction of sp³-hybridized carbons (Fsp3) is 0.273. The van der Waals surface area contributed by atoms with Gasteiger partial charge in [0.15, 0.2) is 0 Å². The third kappa shape index (κ3) is 4.72. The van der Waals surface area contributed by atoms with Crippen LogP contribution in [0.2, 0.25) is 0 Å². The molecule has 1 amide bonds. The molecule has 18 heavy (non-hydrogen) atoms. The number of hydrogen-bond donors (Lipinski definition) is 2. The number of benzene rings is 1. The molecule has 0 spiro atoms. The first-order valence-corrected chi connectivity index (χ1v) is 6.08. The Morgan fingerprint density at radius 2 is 1.78 bits per heavy atom. The lowest BCUT2D eigenvalue weighted by Crippen LogP contribution is -2.46. The predicted molar refractivity (Wildman–Crippen MR) is 70.4 cm³/mol. The van der Waals surface area contributed by atoms with Gasteiger partial charge in [0.1, 0.15) is 0 Å². The first kappa shape index (κ1) is 15.1. The van der Waals surface area contributed by atoms with Gasteiger partial charge in [-0.05, 0) is 5.56 Å². The van der Waals surface area contributed by atoms with Crippen molar-refractivity contribution in [2.45, 2.75) is 16.3 Å². The van der Waals surface area contributed by atoms with Crippen LogP contribution in [0.3, 0.4) is 0 Å². The van der Waals surface area contributed by atoms with Crippen molar-refractivity contribution < 1.29 is 14.7 Å². The minimum absolute atomic E-state index is 0.125. The molecular weight excluding hydrogens is 300 g/mol. The van der Waals surface area contributed by atoms with Crippen molar-refractivity contribution in [1.82, 2.24) is 5.32 Å². The van der Waals surface area contributed by atoms with Gasteiger partial charge in [-0.1, -0.05) is 65.1 Å². The Bertz CT molecular complexity index is 431. The van der Waals surface area contributed by atoms with Crippen molar-refractivity contribution in [3.8, 4) is 0 Å². The Hall–Kier alpha value is -0.970. The Kier molecular flexibility index (Phi) is 5.26. The predicted octanol–water partition coefficient (Wildman–Crippen LogP) is 2.80. The first-order valence-electron chi connectivity index (χ1n) is 4.95. The number of nitrogens with one attached hydrogen (secondary N) is 1. The van der Waals surface area contributed by atoms with Crippen LogP contribution >= 0.6 is 34.8 Å². The van der Waals surface area contributed by atoms with E-state index in [0.29, 0.717) is 0 Å². The van der Waals surface area contributed by atoms with E-state index in [4.69, 9.17) is 39.9 Å². The maximum absolute atomic E-state index is 11.8. The van der Waals surface area contributed by atoms with Crippen molar-refractivity contribution in [1.29, 1.82) is 0 Å². The van der Waals surface area contributed by atoms with Crippen molar-refractivity contribution >= 4 is 46.7 Å². The number of carbonyl (C=O) groups is 2. The minimum atomic E-state index is -2.15. The molecule has 0 aliphatic rings. The number of amides is 1. The van der Waals surface area contributed by atoms with Crippen molar-refractivity contribution in [3.63, 3.8) is 0 Å². The topological polar surface area (TPSA) is 66.4 Å². The van der Waals surface area contributed by atoms with Crippen LogP contribution in [-0.2, 0) is 11.2 Å². The van der Waals surface area contributed by atoms with Gasteiger partial charge in [-0.3, -0.25) is 4.79 Å².